The second-order valence-corrected chi connectivity index (χ2v) is 25.8. The van der Waals surface area contributed by atoms with Crippen LogP contribution in [0.2, 0.25) is 0 Å². The number of phosphoric acid groups is 1. The van der Waals surface area contributed by atoms with E-state index in [0.29, 0.717) is 17.4 Å². The van der Waals surface area contributed by atoms with Crippen molar-refractivity contribution in [2.75, 3.05) is 40.9 Å². The Kier molecular flexibility index (Phi) is 59.7. The topological polar surface area (TPSA) is 111 Å². The predicted octanol–water partition coefficient (Wildman–Crippen LogP) is 21.9. The number of hydrogen-bond donors (Lipinski definition) is 2. The zero-order valence-electron chi connectivity index (χ0n) is 54.9. The Balaban J connectivity index is 5.20. The number of quaternary nitrogens is 1. The van der Waals surface area contributed by atoms with Crippen LogP contribution in [0.15, 0.2) is 97.2 Å². The first-order valence-corrected chi connectivity index (χ1v) is 36.1. The van der Waals surface area contributed by atoms with Crippen LogP contribution in [0.25, 0.3) is 0 Å². The first-order chi connectivity index (χ1) is 40.4. The fourth-order valence-corrected chi connectivity index (χ4v) is 10.4. The van der Waals surface area contributed by atoms with Crippen LogP contribution in [-0.2, 0) is 27.9 Å². The van der Waals surface area contributed by atoms with Crippen molar-refractivity contribution in [3.05, 3.63) is 97.2 Å². The third-order valence-electron chi connectivity index (χ3n) is 15.0. The van der Waals surface area contributed by atoms with Crippen LogP contribution in [0.4, 0.5) is 0 Å². The van der Waals surface area contributed by atoms with E-state index >= 15 is 0 Å². The van der Waals surface area contributed by atoms with Gasteiger partial charge in [-0.25, -0.2) is 4.57 Å². The van der Waals surface area contributed by atoms with Crippen LogP contribution in [0, 0.1) is 0 Å². The van der Waals surface area contributed by atoms with Crippen molar-refractivity contribution in [1.82, 2.24) is 5.32 Å². The number of carbonyl (C=O) groups excluding carboxylic acids is 2. The lowest BCUT2D eigenvalue weighted by Crippen LogP contribution is -2.47. The van der Waals surface area contributed by atoms with Crippen molar-refractivity contribution < 1.29 is 37.3 Å². The fourth-order valence-electron chi connectivity index (χ4n) is 9.70. The molecule has 0 bridgehead atoms. The highest BCUT2D eigenvalue weighted by atomic mass is 31.2. The van der Waals surface area contributed by atoms with E-state index in [0.717, 1.165) is 122 Å². The molecule has 0 heterocycles. The maximum absolute atomic E-state index is 13.6. The molecule has 1 amide bonds. The van der Waals surface area contributed by atoms with Crippen LogP contribution in [-0.4, -0.2) is 74.3 Å². The first-order valence-electron chi connectivity index (χ1n) is 34.6. The van der Waals surface area contributed by atoms with E-state index in [1.165, 1.54) is 148 Å². The summed E-state index contributed by atoms with van der Waals surface area (Å²) in [5, 5.41) is 3.06. The standard InChI is InChI=1S/C73H131N2O7P/c1-7-10-13-16-19-22-25-28-30-32-34-35-36-37-38-39-41-43-45-48-51-54-57-60-63-66-73(77)82-71(64-61-58-55-52-49-46-27-24-21-18-15-12-9-3)70(69-81-83(78,79)80-68-67-75(4,5)6)74-72(76)65-62-59-56-53-50-47-44-42-40-33-31-29-26-23-20-17-14-11-8-2/h10,13,19,22,28-31,34-35,37-38,41,43,61,64,70-71H,7-9,11-12,14-18,20-21,23-27,32-33,36,39-40,42,44-60,62-63,65-69H2,1-6H3,(H-,74,76,78,79)/p+1/b13-10-,22-19-,30-28-,31-29+,35-34-,38-37-,43-41-,64-61-. The van der Waals surface area contributed by atoms with Crippen molar-refractivity contribution in [2.45, 2.75) is 315 Å². The summed E-state index contributed by atoms with van der Waals surface area (Å²) in [6.45, 7) is 6.90. The summed E-state index contributed by atoms with van der Waals surface area (Å²) in [6.07, 6.45) is 84.1. The number of rotatable bonds is 62. The summed E-state index contributed by atoms with van der Waals surface area (Å²) in [5.41, 5.74) is 0. The highest BCUT2D eigenvalue weighted by Gasteiger charge is 2.30. The third kappa shape index (κ3) is 63.3. The molecule has 0 aliphatic rings. The lowest BCUT2D eigenvalue weighted by Gasteiger charge is -2.27. The monoisotopic (exact) mass is 1180 g/mol. The van der Waals surface area contributed by atoms with E-state index in [-0.39, 0.29) is 31.5 Å². The molecule has 0 rings (SSSR count). The van der Waals surface area contributed by atoms with Crippen molar-refractivity contribution in [3.8, 4) is 0 Å². The van der Waals surface area contributed by atoms with Gasteiger partial charge in [-0.3, -0.25) is 18.6 Å². The number of amides is 1. The zero-order valence-corrected chi connectivity index (χ0v) is 55.8. The van der Waals surface area contributed by atoms with Gasteiger partial charge in [-0.15, -0.1) is 0 Å². The van der Waals surface area contributed by atoms with Crippen molar-refractivity contribution >= 4 is 19.7 Å². The predicted molar refractivity (Wildman–Crippen MR) is 360 cm³/mol. The molecule has 3 unspecified atom stereocenters. The number of ether oxygens (including phenoxy) is 1. The Morgan fingerprint density at radius 3 is 1.17 bits per heavy atom. The molecule has 0 aliphatic heterocycles. The highest BCUT2D eigenvalue weighted by Crippen LogP contribution is 2.43. The molecule has 0 aliphatic carbocycles. The normalized spacial score (nSPS) is 14.2. The molecule has 0 aromatic heterocycles. The van der Waals surface area contributed by atoms with Gasteiger partial charge in [0.25, 0.3) is 0 Å². The minimum absolute atomic E-state index is 0.0338. The molecular formula is C73H132N2O7P+. The summed E-state index contributed by atoms with van der Waals surface area (Å²) in [5.74, 6) is -0.521. The average molecular weight is 1180 g/mol. The number of phosphoric ester groups is 1. The van der Waals surface area contributed by atoms with E-state index < -0.39 is 20.0 Å². The summed E-state index contributed by atoms with van der Waals surface area (Å²) in [6, 6.07) is -0.862. The molecule has 9 nitrogen and oxygen atoms in total. The molecule has 3 atom stereocenters. The first kappa shape index (κ1) is 79.9. The van der Waals surface area contributed by atoms with Gasteiger partial charge in [-0.1, -0.05) is 279 Å². The lowest BCUT2D eigenvalue weighted by atomic mass is 10.0. The van der Waals surface area contributed by atoms with E-state index in [1.54, 1.807) is 0 Å². The maximum atomic E-state index is 13.6. The minimum atomic E-state index is -4.46. The van der Waals surface area contributed by atoms with E-state index in [4.69, 9.17) is 13.8 Å². The third-order valence-corrected chi connectivity index (χ3v) is 16.0. The van der Waals surface area contributed by atoms with Crippen molar-refractivity contribution in [3.63, 3.8) is 0 Å². The quantitative estimate of drug-likeness (QED) is 0.0205. The van der Waals surface area contributed by atoms with Crippen LogP contribution in [0.3, 0.4) is 0 Å². The molecule has 0 saturated carbocycles. The second kappa shape index (κ2) is 62.0. The van der Waals surface area contributed by atoms with Gasteiger partial charge in [0, 0.05) is 12.8 Å². The maximum Gasteiger partial charge on any atom is 0.472 e. The Bertz CT molecular complexity index is 1740. The van der Waals surface area contributed by atoms with Crippen molar-refractivity contribution in [2.24, 2.45) is 0 Å². The Morgan fingerprint density at radius 2 is 0.771 bits per heavy atom. The number of nitrogens with zero attached hydrogens (tertiary/aromatic N) is 1. The van der Waals surface area contributed by atoms with Gasteiger partial charge >= 0.3 is 13.8 Å². The molecule has 0 spiro atoms. The molecule has 0 aromatic carbocycles. The molecule has 0 radical (unpaired) electrons. The molecular weight excluding hydrogens is 1050 g/mol. The highest BCUT2D eigenvalue weighted by molar-refractivity contribution is 7.47. The SMILES string of the molecule is CC/C=C\C/C=C\C/C=C\C/C=C\C/C=C\C/C=C\CCCCCCCCC(=O)OC(/C=C\CCCCCCCCCCCCC)C(COP(=O)(O)OCC[N+](C)(C)C)NC(=O)CCCCCCCCCCC/C=C/CCCCCCCC. The van der Waals surface area contributed by atoms with Crippen molar-refractivity contribution in [1.29, 1.82) is 0 Å². The minimum Gasteiger partial charge on any atom is -0.456 e. The Labute approximate surface area is 513 Å². The van der Waals surface area contributed by atoms with Crippen LogP contribution < -0.4 is 5.32 Å². The number of hydrogen-bond acceptors (Lipinski definition) is 6. The number of esters is 1. The number of unbranched alkanes of at least 4 members (excludes halogenated alkanes) is 32. The van der Waals surface area contributed by atoms with E-state index in [1.807, 2.05) is 33.3 Å². The molecule has 0 saturated heterocycles. The summed E-state index contributed by atoms with van der Waals surface area (Å²) in [7, 11) is 1.48. The van der Waals surface area contributed by atoms with E-state index in [9.17, 15) is 19.0 Å². The zero-order chi connectivity index (χ0) is 60.7. The van der Waals surface area contributed by atoms with Crippen LogP contribution in [0.5, 0.6) is 0 Å². The van der Waals surface area contributed by atoms with Gasteiger partial charge in [-0.05, 0) is 109 Å². The van der Waals surface area contributed by atoms with E-state index in [2.05, 4.69) is 111 Å². The average Bonchev–Trinajstić information content (AvgIpc) is 3.46. The van der Waals surface area contributed by atoms with Gasteiger partial charge in [0.1, 0.15) is 19.3 Å². The van der Waals surface area contributed by atoms with Crippen LogP contribution >= 0.6 is 7.82 Å². The fraction of sp³-hybridized carbons (Fsp3) is 0.753. The molecule has 83 heavy (non-hydrogen) atoms. The smallest absolute Gasteiger partial charge is 0.456 e. The number of likely N-dealkylation sites (N-methyl/N-ethyl adjacent to an activating group) is 1. The van der Waals surface area contributed by atoms with Crippen LogP contribution in [0.1, 0.15) is 303 Å². The molecule has 480 valence electrons. The largest absolute Gasteiger partial charge is 0.472 e. The van der Waals surface area contributed by atoms with Gasteiger partial charge in [0.15, 0.2) is 0 Å². The Morgan fingerprint density at radius 1 is 0.434 bits per heavy atom. The van der Waals surface area contributed by atoms with Gasteiger partial charge in [0.2, 0.25) is 5.91 Å². The van der Waals surface area contributed by atoms with Gasteiger partial charge in [0.05, 0.1) is 33.8 Å². The number of carbonyl (C=O) groups is 2. The summed E-state index contributed by atoms with van der Waals surface area (Å²) in [4.78, 5) is 37.9. The Hall–Kier alpha value is -3.07. The summed E-state index contributed by atoms with van der Waals surface area (Å²) >= 11 is 0. The molecule has 2 N–H and O–H groups in total. The lowest BCUT2D eigenvalue weighted by molar-refractivity contribution is -0.870. The second-order valence-electron chi connectivity index (χ2n) is 24.3. The summed E-state index contributed by atoms with van der Waals surface area (Å²) < 4.78 is 30.8. The molecule has 10 heteroatoms. The van der Waals surface area contributed by atoms with Gasteiger partial charge < -0.3 is 19.4 Å². The molecule has 0 fully saturated rings. The van der Waals surface area contributed by atoms with Gasteiger partial charge in [-0.2, -0.15) is 0 Å². The molecule has 0 aromatic rings. The number of allylic oxidation sites excluding steroid dienone is 15. The number of nitrogens with one attached hydrogen (secondary N) is 1.